The van der Waals surface area contributed by atoms with Crippen LogP contribution in [0.2, 0.25) is 0 Å². The third-order valence-corrected chi connectivity index (χ3v) is 6.61. The molecule has 2 aromatic rings. The molecule has 0 spiro atoms. The monoisotopic (exact) mass is 427 g/mol. The van der Waals surface area contributed by atoms with Crippen LogP contribution in [0.25, 0.3) is 11.0 Å². The molecule has 0 N–H and O–H groups in total. The second-order valence-electron chi connectivity index (χ2n) is 8.76. The molecule has 2 fully saturated rings. The normalized spacial score (nSPS) is 20.3. The third-order valence-electron chi connectivity index (χ3n) is 6.61. The number of Topliss-reactive ketones (excluding diaryl/α,β-unsaturated/α-hetero) is 1. The highest BCUT2D eigenvalue weighted by molar-refractivity contribution is 5.92. The van der Waals surface area contributed by atoms with Crippen LogP contribution in [0.4, 0.5) is 5.69 Å². The third kappa shape index (κ3) is 4.29. The maximum absolute atomic E-state index is 12.9. The van der Waals surface area contributed by atoms with Gasteiger partial charge in [0.1, 0.15) is 11.8 Å². The van der Waals surface area contributed by atoms with E-state index in [0.717, 1.165) is 50.0 Å². The molecule has 4 rings (SSSR count). The van der Waals surface area contributed by atoms with E-state index in [9.17, 15) is 19.2 Å². The second-order valence-corrected chi connectivity index (χ2v) is 8.76. The zero-order valence-electron chi connectivity index (χ0n) is 18.1. The summed E-state index contributed by atoms with van der Waals surface area (Å²) in [5, 5.41) is 0. The van der Waals surface area contributed by atoms with Gasteiger partial charge in [0.15, 0.2) is 0 Å². The number of cyclic esters (lactones) is 2. The van der Waals surface area contributed by atoms with Crippen LogP contribution < -0.4 is 10.6 Å². The largest absolute Gasteiger partial charge is 0.392 e. The Hall–Kier alpha value is -2.90. The molecule has 0 aliphatic carbocycles. The average molecular weight is 428 g/mol. The van der Waals surface area contributed by atoms with Crippen molar-refractivity contribution in [3.63, 3.8) is 0 Å². The molecule has 3 heterocycles. The molecule has 0 saturated carbocycles. The van der Waals surface area contributed by atoms with E-state index in [4.69, 9.17) is 4.74 Å². The number of hydrogen-bond acceptors (Lipinski definition) is 6. The van der Waals surface area contributed by atoms with Crippen LogP contribution in [0, 0.1) is 5.92 Å². The van der Waals surface area contributed by atoms with Crippen LogP contribution in [-0.4, -0.2) is 39.9 Å². The predicted octanol–water partition coefficient (Wildman–Crippen LogP) is 2.72. The number of ketones is 1. The van der Waals surface area contributed by atoms with Crippen molar-refractivity contribution in [3.8, 4) is 0 Å². The molecule has 166 valence electrons. The Morgan fingerprint density at radius 3 is 2.52 bits per heavy atom. The maximum atomic E-state index is 12.9. The van der Waals surface area contributed by atoms with Crippen molar-refractivity contribution in [3.05, 3.63) is 28.7 Å². The first-order valence-electron chi connectivity index (χ1n) is 11.0. The number of aryl methyl sites for hydroxylation is 1. The van der Waals surface area contributed by atoms with Crippen LogP contribution in [-0.2, 0) is 26.2 Å². The number of hydrogen-bond donors (Lipinski definition) is 0. The first-order chi connectivity index (χ1) is 14.8. The Bertz CT molecular complexity index is 1070. The number of carbonyl (C=O) groups is 3. The quantitative estimate of drug-likeness (QED) is 0.520. The summed E-state index contributed by atoms with van der Waals surface area (Å²) in [4.78, 5) is 50.0. The number of carbonyl (C=O) groups excluding carboxylic acids is 3. The van der Waals surface area contributed by atoms with Crippen molar-refractivity contribution >= 4 is 34.4 Å². The minimum Gasteiger partial charge on any atom is -0.392 e. The molecule has 1 aromatic heterocycles. The number of benzene rings is 1. The number of aromatic nitrogens is 2. The number of fused-ring (bicyclic) bond motifs is 1. The second kappa shape index (κ2) is 8.69. The molecule has 31 heavy (non-hydrogen) atoms. The maximum Gasteiger partial charge on any atom is 0.336 e. The van der Waals surface area contributed by atoms with Gasteiger partial charge in [0.25, 0.3) is 0 Å². The topological polar surface area (TPSA) is 90.6 Å². The lowest BCUT2D eigenvalue weighted by Crippen LogP contribution is -2.36. The van der Waals surface area contributed by atoms with Crippen molar-refractivity contribution < 1.29 is 19.1 Å². The van der Waals surface area contributed by atoms with Crippen LogP contribution in [0.1, 0.15) is 57.9 Å². The predicted molar refractivity (Wildman–Crippen MR) is 116 cm³/mol. The van der Waals surface area contributed by atoms with Gasteiger partial charge >= 0.3 is 17.6 Å². The van der Waals surface area contributed by atoms with Gasteiger partial charge in [-0.2, -0.15) is 0 Å². The summed E-state index contributed by atoms with van der Waals surface area (Å²) in [6.45, 7) is 3.54. The Labute approximate surface area is 180 Å². The molecule has 0 amide bonds. The first-order valence-corrected chi connectivity index (χ1v) is 11.0. The van der Waals surface area contributed by atoms with Gasteiger partial charge in [0, 0.05) is 38.7 Å². The minimum absolute atomic E-state index is 0.124. The number of imidazole rings is 1. The van der Waals surface area contributed by atoms with E-state index in [1.54, 1.807) is 18.5 Å². The zero-order chi connectivity index (χ0) is 22.1. The summed E-state index contributed by atoms with van der Waals surface area (Å²) >= 11 is 0. The number of piperidine rings is 1. The highest BCUT2D eigenvalue weighted by Gasteiger charge is 2.33. The van der Waals surface area contributed by atoms with E-state index in [-0.39, 0.29) is 24.3 Å². The highest BCUT2D eigenvalue weighted by Crippen LogP contribution is 2.30. The van der Waals surface area contributed by atoms with Crippen molar-refractivity contribution in [1.29, 1.82) is 0 Å². The van der Waals surface area contributed by atoms with Crippen molar-refractivity contribution in [2.45, 2.75) is 57.9 Å². The molecule has 1 unspecified atom stereocenters. The Balaban J connectivity index is 1.51. The van der Waals surface area contributed by atoms with E-state index in [2.05, 4.69) is 4.90 Å². The first kappa shape index (κ1) is 21.3. The standard InChI is InChI=1S/C23H29N3O5/c1-15(27)4-3-5-16-10-12-25(13-11-16)17-6-7-18-20(14-17)24(2)23(30)26(18)19-8-9-21(28)31-22(19)29/h6-7,14,16,19H,3-5,8-13H2,1-2H3. The average Bonchev–Trinajstić information content (AvgIpc) is 2.98. The van der Waals surface area contributed by atoms with E-state index >= 15 is 0 Å². The van der Waals surface area contributed by atoms with E-state index in [1.165, 1.54) is 4.57 Å². The molecular weight excluding hydrogens is 398 g/mol. The van der Waals surface area contributed by atoms with Gasteiger partial charge in [0.2, 0.25) is 0 Å². The molecule has 8 nitrogen and oxygen atoms in total. The van der Waals surface area contributed by atoms with Crippen LogP contribution in [0.15, 0.2) is 23.0 Å². The summed E-state index contributed by atoms with van der Waals surface area (Å²) in [7, 11) is 1.70. The molecular formula is C23H29N3O5. The Morgan fingerprint density at radius 2 is 1.84 bits per heavy atom. The molecule has 2 aliphatic rings. The highest BCUT2D eigenvalue weighted by atomic mass is 16.6. The SMILES string of the molecule is CC(=O)CCCC1CCN(c2ccc3c(c2)n(C)c(=O)n3C2CCC(=O)OC2=O)CC1. The van der Waals surface area contributed by atoms with Crippen LogP contribution in [0.5, 0.6) is 0 Å². The van der Waals surface area contributed by atoms with Gasteiger partial charge in [-0.1, -0.05) is 0 Å². The van der Waals surface area contributed by atoms with Gasteiger partial charge in [0.05, 0.1) is 11.0 Å². The van der Waals surface area contributed by atoms with Crippen LogP contribution in [0.3, 0.4) is 0 Å². The van der Waals surface area contributed by atoms with Crippen molar-refractivity contribution in [2.75, 3.05) is 18.0 Å². The fraction of sp³-hybridized carbons (Fsp3) is 0.565. The fourth-order valence-electron chi connectivity index (χ4n) is 4.81. The number of ether oxygens (including phenoxy) is 1. The summed E-state index contributed by atoms with van der Waals surface area (Å²) < 4.78 is 7.77. The summed E-state index contributed by atoms with van der Waals surface area (Å²) in [6, 6.07) is 5.11. The molecule has 8 heteroatoms. The summed E-state index contributed by atoms with van der Waals surface area (Å²) in [5.74, 6) is -0.288. The van der Waals surface area contributed by atoms with Gasteiger partial charge in [-0.05, 0) is 63.1 Å². The van der Waals surface area contributed by atoms with Gasteiger partial charge in [-0.25, -0.2) is 9.59 Å². The Morgan fingerprint density at radius 1 is 1.10 bits per heavy atom. The van der Waals surface area contributed by atoms with Gasteiger partial charge in [-0.3, -0.25) is 13.9 Å². The Kier molecular flexibility index (Phi) is 5.98. The van der Waals surface area contributed by atoms with E-state index in [0.29, 0.717) is 17.9 Å². The van der Waals surface area contributed by atoms with Crippen molar-refractivity contribution in [2.24, 2.45) is 13.0 Å². The smallest absolute Gasteiger partial charge is 0.336 e. The van der Waals surface area contributed by atoms with Gasteiger partial charge < -0.3 is 14.4 Å². The van der Waals surface area contributed by atoms with E-state index < -0.39 is 18.0 Å². The summed E-state index contributed by atoms with van der Waals surface area (Å²) in [6.07, 6.45) is 5.33. The number of nitrogens with zero attached hydrogens (tertiary/aromatic N) is 3. The molecule has 1 atom stereocenters. The minimum atomic E-state index is -0.773. The number of rotatable bonds is 6. The molecule has 2 saturated heterocycles. The molecule has 0 bridgehead atoms. The van der Waals surface area contributed by atoms with E-state index in [1.807, 2.05) is 18.2 Å². The molecule has 1 aromatic carbocycles. The fourth-order valence-corrected chi connectivity index (χ4v) is 4.81. The molecule has 0 radical (unpaired) electrons. The number of anilines is 1. The van der Waals surface area contributed by atoms with Gasteiger partial charge in [-0.15, -0.1) is 0 Å². The zero-order valence-corrected chi connectivity index (χ0v) is 18.1. The number of esters is 2. The lowest BCUT2D eigenvalue weighted by Gasteiger charge is -2.33. The summed E-state index contributed by atoms with van der Waals surface area (Å²) in [5.41, 5.74) is 2.21. The van der Waals surface area contributed by atoms with Crippen molar-refractivity contribution in [1.82, 2.24) is 9.13 Å². The lowest BCUT2D eigenvalue weighted by molar-refractivity contribution is -0.166. The lowest BCUT2D eigenvalue weighted by atomic mass is 9.91. The molecule has 2 aliphatic heterocycles. The van der Waals surface area contributed by atoms with Crippen LogP contribution >= 0.6 is 0 Å².